The van der Waals surface area contributed by atoms with E-state index in [1.165, 1.54) is 5.56 Å². The van der Waals surface area contributed by atoms with Crippen LogP contribution in [0.4, 0.5) is 0 Å². The quantitative estimate of drug-likeness (QED) is 0.680. The molecule has 1 aliphatic rings. The topological polar surface area (TPSA) is 51.4 Å². The van der Waals surface area contributed by atoms with Gasteiger partial charge in [-0.2, -0.15) is 0 Å². The highest BCUT2D eigenvalue weighted by atomic mass is 16.5. The average molecular weight is 349 g/mol. The highest BCUT2D eigenvalue weighted by molar-refractivity contribution is 5.30. The molecule has 1 aromatic carbocycles. The molecule has 3 aromatic rings. The number of hydrogen-bond donors (Lipinski definition) is 0. The van der Waals surface area contributed by atoms with Gasteiger partial charge in [0.1, 0.15) is 11.5 Å². The van der Waals surface area contributed by atoms with E-state index in [-0.39, 0.29) is 0 Å². The highest BCUT2D eigenvalue weighted by Crippen LogP contribution is 2.28. The first-order valence-electron chi connectivity index (χ1n) is 8.99. The highest BCUT2D eigenvalue weighted by Gasteiger charge is 2.27. The maximum atomic E-state index is 6.05. The molecule has 134 valence electrons. The first-order chi connectivity index (χ1) is 12.8. The fourth-order valence-corrected chi connectivity index (χ4v) is 3.50. The van der Waals surface area contributed by atoms with Crippen molar-refractivity contribution in [3.8, 4) is 5.75 Å². The molecule has 2 aromatic heterocycles. The third-order valence-corrected chi connectivity index (χ3v) is 4.83. The van der Waals surface area contributed by atoms with E-state index in [1.807, 2.05) is 42.9 Å². The molecule has 0 unspecified atom stereocenters. The van der Waals surface area contributed by atoms with Crippen molar-refractivity contribution in [1.29, 1.82) is 0 Å². The smallest absolute Gasteiger partial charge is 0.198 e. The van der Waals surface area contributed by atoms with Gasteiger partial charge in [-0.05, 0) is 42.3 Å². The minimum Gasteiger partial charge on any atom is -0.497 e. The van der Waals surface area contributed by atoms with Crippen molar-refractivity contribution < 1.29 is 9.15 Å². The van der Waals surface area contributed by atoms with Crippen LogP contribution in [0.25, 0.3) is 0 Å². The Morgan fingerprint density at radius 1 is 1.19 bits per heavy atom. The van der Waals surface area contributed by atoms with Crippen LogP contribution >= 0.6 is 0 Å². The molecule has 4 rings (SSSR count). The molecule has 0 spiro atoms. The summed E-state index contributed by atoms with van der Waals surface area (Å²) in [5.74, 6) is 2.99. The summed E-state index contributed by atoms with van der Waals surface area (Å²) in [4.78, 5) is 11.2. The summed E-state index contributed by atoms with van der Waals surface area (Å²) in [7, 11) is 1.68. The predicted octanol–water partition coefficient (Wildman–Crippen LogP) is 3.66. The second-order valence-corrected chi connectivity index (χ2v) is 6.78. The third-order valence-electron chi connectivity index (χ3n) is 4.83. The molecule has 1 fully saturated rings. The molecule has 26 heavy (non-hydrogen) atoms. The average Bonchev–Trinajstić information content (AvgIpc) is 3.32. The van der Waals surface area contributed by atoms with Gasteiger partial charge in [-0.3, -0.25) is 9.88 Å². The van der Waals surface area contributed by atoms with Crippen LogP contribution in [-0.4, -0.2) is 35.1 Å². The lowest BCUT2D eigenvalue weighted by atomic mass is 10.1. The Kier molecular flexibility index (Phi) is 4.97. The van der Waals surface area contributed by atoms with E-state index >= 15 is 0 Å². The number of aromatic nitrogens is 2. The van der Waals surface area contributed by atoms with Gasteiger partial charge in [-0.1, -0.05) is 18.2 Å². The fourth-order valence-electron chi connectivity index (χ4n) is 3.50. The van der Waals surface area contributed by atoms with Crippen LogP contribution in [0.1, 0.15) is 35.1 Å². The van der Waals surface area contributed by atoms with Crippen molar-refractivity contribution >= 4 is 0 Å². The molecule has 0 bridgehead atoms. The lowest BCUT2D eigenvalue weighted by Gasteiger charge is -2.14. The van der Waals surface area contributed by atoms with Crippen molar-refractivity contribution in [2.75, 3.05) is 20.2 Å². The van der Waals surface area contributed by atoms with Gasteiger partial charge in [-0.25, -0.2) is 4.98 Å². The molecule has 1 saturated heterocycles. The molecule has 0 aliphatic carbocycles. The fraction of sp³-hybridized carbons (Fsp3) is 0.333. The van der Waals surface area contributed by atoms with Gasteiger partial charge in [0, 0.05) is 37.8 Å². The van der Waals surface area contributed by atoms with Gasteiger partial charge >= 0.3 is 0 Å². The molecule has 3 heterocycles. The van der Waals surface area contributed by atoms with Gasteiger partial charge in [0.15, 0.2) is 5.89 Å². The van der Waals surface area contributed by atoms with Gasteiger partial charge in [0.25, 0.3) is 0 Å². The summed E-state index contributed by atoms with van der Waals surface area (Å²) in [6.45, 7) is 2.98. The molecule has 1 aliphatic heterocycles. The maximum Gasteiger partial charge on any atom is 0.198 e. The Morgan fingerprint density at radius 2 is 2.12 bits per heavy atom. The molecular formula is C21H23N3O2. The van der Waals surface area contributed by atoms with Crippen LogP contribution < -0.4 is 4.74 Å². The van der Waals surface area contributed by atoms with Crippen molar-refractivity contribution in [3.63, 3.8) is 0 Å². The van der Waals surface area contributed by atoms with Crippen molar-refractivity contribution in [3.05, 3.63) is 77.8 Å². The molecule has 1 atom stereocenters. The van der Waals surface area contributed by atoms with Gasteiger partial charge in [0.2, 0.25) is 0 Å². The lowest BCUT2D eigenvalue weighted by Crippen LogP contribution is -2.19. The number of pyridine rings is 1. The molecule has 5 nitrogen and oxygen atoms in total. The predicted molar refractivity (Wildman–Crippen MR) is 99.2 cm³/mol. The second kappa shape index (κ2) is 7.70. The number of ether oxygens (including phenoxy) is 1. The minimum absolute atomic E-state index is 0.366. The van der Waals surface area contributed by atoms with Crippen LogP contribution in [-0.2, 0) is 13.0 Å². The first-order valence-corrected chi connectivity index (χ1v) is 8.99. The molecule has 0 amide bonds. The number of hydrogen-bond acceptors (Lipinski definition) is 5. The number of benzene rings is 1. The van der Waals surface area contributed by atoms with E-state index in [0.29, 0.717) is 5.92 Å². The molecule has 5 heteroatoms. The van der Waals surface area contributed by atoms with Crippen molar-refractivity contribution in [2.24, 2.45) is 0 Å². The number of methoxy groups -OCH3 is 1. The van der Waals surface area contributed by atoms with Gasteiger partial charge < -0.3 is 9.15 Å². The Bertz CT molecular complexity index is 847. The van der Waals surface area contributed by atoms with Crippen molar-refractivity contribution in [1.82, 2.24) is 14.9 Å². The summed E-state index contributed by atoms with van der Waals surface area (Å²) in [6.07, 6.45) is 7.42. The maximum absolute atomic E-state index is 6.05. The Hall–Kier alpha value is -2.66. The largest absolute Gasteiger partial charge is 0.497 e. The van der Waals surface area contributed by atoms with Gasteiger partial charge in [0.05, 0.1) is 13.3 Å². The summed E-state index contributed by atoms with van der Waals surface area (Å²) in [5.41, 5.74) is 2.41. The van der Waals surface area contributed by atoms with E-state index < -0.39 is 0 Å². The third kappa shape index (κ3) is 3.94. The Morgan fingerprint density at radius 3 is 2.96 bits per heavy atom. The van der Waals surface area contributed by atoms with Crippen LogP contribution in [0.3, 0.4) is 0 Å². The Balaban J connectivity index is 1.37. The zero-order valence-electron chi connectivity index (χ0n) is 15.0. The number of nitrogens with zero attached hydrogens (tertiary/aromatic N) is 3. The molecular weight excluding hydrogens is 326 g/mol. The van der Waals surface area contributed by atoms with E-state index in [4.69, 9.17) is 9.15 Å². The van der Waals surface area contributed by atoms with E-state index in [1.54, 1.807) is 7.11 Å². The van der Waals surface area contributed by atoms with E-state index in [0.717, 1.165) is 55.4 Å². The zero-order chi connectivity index (χ0) is 17.8. The molecule has 0 saturated carbocycles. The van der Waals surface area contributed by atoms with Crippen molar-refractivity contribution in [2.45, 2.75) is 25.3 Å². The number of likely N-dealkylation sites (tertiary alicyclic amines) is 1. The normalized spacial score (nSPS) is 17.5. The molecule has 0 N–H and O–H groups in total. The Labute approximate surface area is 153 Å². The standard InChI is InChI=1S/C21H23N3O2/c1-25-19-6-2-4-16(10-19)11-20-13-23-21(26-20)18-7-9-24(15-18)14-17-5-3-8-22-12-17/h2-6,8,10,12-13,18H,7,9,11,14-15H2,1H3/t18-/m1/s1. The van der Waals surface area contributed by atoms with Crippen LogP contribution in [0.5, 0.6) is 5.75 Å². The SMILES string of the molecule is COc1cccc(Cc2cnc([C@@H]3CCN(Cc4cccnc4)C3)o2)c1. The van der Waals surface area contributed by atoms with Crippen LogP contribution in [0.2, 0.25) is 0 Å². The second-order valence-electron chi connectivity index (χ2n) is 6.78. The lowest BCUT2D eigenvalue weighted by molar-refractivity contribution is 0.318. The first kappa shape index (κ1) is 16.8. The summed E-state index contributed by atoms with van der Waals surface area (Å²) in [6, 6.07) is 12.2. The summed E-state index contributed by atoms with van der Waals surface area (Å²) >= 11 is 0. The zero-order valence-corrected chi connectivity index (χ0v) is 15.0. The monoisotopic (exact) mass is 349 g/mol. The minimum atomic E-state index is 0.366. The summed E-state index contributed by atoms with van der Waals surface area (Å²) < 4.78 is 11.3. The molecule has 0 radical (unpaired) electrons. The van der Waals surface area contributed by atoms with Crippen LogP contribution in [0, 0.1) is 0 Å². The number of oxazole rings is 1. The van der Waals surface area contributed by atoms with E-state index in [9.17, 15) is 0 Å². The van der Waals surface area contributed by atoms with E-state index in [2.05, 4.69) is 27.0 Å². The number of rotatable bonds is 6. The van der Waals surface area contributed by atoms with Crippen LogP contribution in [0.15, 0.2) is 59.4 Å². The summed E-state index contributed by atoms with van der Waals surface area (Å²) in [5, 5.41) is 0. The van der Waals surface area contributed by atoms with Gasteiger partial charge in [-0.15, -0.1) is 0 Å².